The van der Waals surface area contributed by atoms with Crippen molar-refractivity contribution in [3.63, 3.8) is 0 Å². The first-order valence-corrected chi connectivity index (χ1v) is 8.48. The minimum absolute atomic E-state index is 0.0826. The number of hydrogen-bond acceptors (Lipinski definition) is 5. The van der Waals surface area contributed by atoms with Gasteiger partial charge in [-0.25, -0.2) is 9.59 Å². The Balaban J connectivity index is 2.05. The van der Waals surface area contributed by atoms with Crippen molar-refractivity contribution in [1.82, 2.24) is 0 Å². The van der Waals surface area contributed by atoms with Gasteiger partial charge >= 0.3 is 12.1 Å². The fourth-order valence-corrected chi connectivity index (χ4v) is 3.96. The number of halogens is 1. The van der Waals surface area contributed by atoms with E-state index in [0.29, 0.717) is 27.3 Å². The van der Waals surface area contributed by atoms with Crippen LogP contribution in [0.25, 0.3) is 10.8 Å². The maximum atomic E-state index is 11.9. The second-order valence-electron chi connectivity index (χ2n) is 6.19. The quantitative estimate of drug-likeness (QED) is 0.253. The number of carbonyl (C=O) groups excluding carboxylic acids is 2. The lowest BCUT2D eigenvalue weighted by Crippen LogP contribution is -2.13. The Kier molecular flexibility index (Phi) is 3.96. The van der Waals surface area contributed by atoms with Crippen molar-refractivity contribution >= 4 is 34.5 Å². The first-order chi connectivity index (χ1) is 12.5. The molecule has 0 N–H and O–H groups in total. The summed E-state index contributed by atoms with van der Waals surface area (Å²) in [7, 11) is 1.25. The fraction of sp³-hybridized carbons (Fsp3) is 0.200. The van der Waals surface area contributed by atoms with Crippen molar-refractivity contribution in [2.45, 2.75) is 18.3 Å². The minimum atomic E-state index is -0.809. The van der Waals surface area contributed by atoms with Crippen LogP contribution in [0.1, 0.15) is 29.4 Å². The highest BCUT2D eigenvalue weighted by molar-refractivity contribution is 6.31. The number of methoxy groups -OCH3 is 1. The summed E-state index contributed by atoms with van der Waals surface area (Å²) in [5.74, 6) is 0.504. The lowest BCUT2D eigenvalue weighted by atomic mass is 9.90. The molecule has 5 nitrogen and oxygen atoms in total. The van der Waals surface area contributed by atoms with Crippen LogP contribution < -0.4 is 9.47 Å². The van der Waals surface area contributed by atoms with Gasteiger partial charge in [-0.2, -0.15) is 0 Å². The molecule has 2 aromatic carbocycles. The highest BCUT2D eigenvalue weighted by Crippen LogP contribution is 2.58. The normalized spacial score (nSPS) is 19.3. The highest BCUT2D eigenvalue weighted by Gasteiger charge is 2.40. The molecule has 0 amide bonds. The van der Waals surface area contributed by atoms with E-state index in [0.717, 1.165) is 23.6 Å². The third-order valence-electron chi connectivity index (χ3n) is 4.80. The first-order valence-electron chi connectivity index (χ1n) is 8.10. The summed E-state index contributed by atoms with van der Waals surface area (Å²) >= 11 is 6.17. The molecule has 6 heteroatoms. The number of ether oxygens (including phenoxy) is 3. The second kappa shape index (κ2) is 6.18. The molecule has 2 aliphatic carbocycles. The van der Waals surface area contributed by atoms with E-state index in [2.05, 4.69) is 23.5 Å². The summed E-state index contributed by atoms with van der Waals surface area (Å²) in [4.78, 5) is 23.7. The Morgan fingerprint density at radius 3 is 2.38 bits per heavy atom. The van der Waals surface area contributed by atoms with Gasteiger partial charge in [0.15, 0.2) is 0 Å². The Bertz CT molecular complexity index is 992. The van der Waals surface area contributed by atoms with Crippen molar-refractivity contribution < 1.29 is 23.8 Å². The Labute approximate surface area is 154 Å². The zero-order valence-corrected chi connectivity index (χ0v) is 14.7. The van der Waals surface area contributed by atoms with E-state index in [1.54, 1.807) is 18.2 Å². The van der Waals surface area contributed by atoms with Gasteiger partial charge in [0.1, 0.15) is 11.5 Å². The zero-order valence-electron chi connectivity index (χ0n) is 14.0. The molecular formula is C20H15ClO5. The number of fused-ring (bicyclic) bond motifs is 6. The van der Waals surface area contributed by atoms with Crippen LogP contribution in [0.3, 0.4) is 0 Å². The second-order valence-corrected chi connectivity index (χ2v) is 6.63. The molecule has 2 unspecified atom stereocenters. The summed E-state index contributed by atoms with van der Waals surface area (Å²) in [6.45, 7) is 3.46. The number of esters is 1. The predicted molar refractivity (Wildman–Crippen MR) is 97.1 cm³/mol. The lowest BCUT2D eigenvalue weighted by Gasteiger charge is -2.21. The predicted octanol–water partition coefficient (Wildman–Crippen LogP) is 4.87. The third-order valence-corrected chi connectivity index (χ3v) is 5.03. The average molecular weight is 371 g/mol. The molecule has 0 aliphatic heterocycles. The third kappa shape index (κ3) is 2.47. The largest absolute Gasteiger partial charge is 0.513 e. The monoisotopic (exact) mass is 370 g/mol. The maximum Gasteiger partial charge on any atom is 0.513 e. The summed E-state index contributed by atoms with van der Waals surface area (Å²) < 4.78 is 15.8. The van der Waals surface area contributed by atoms with Crippen molar-refractivity contribution in [3.8, 4) is 11.5 Å². The standard InChI is InChI=1S/C20H15ClO5/c1-3-15(22)25-18-13-7-6-12(21)9-14(13)19(26-20(23)24-2)17-11-5-4-10(8-11)16(17)18/h3-7,9-11H,1,8H2,2H3. The van der Waals surface area contributed by atoms with Crippen LogP contribution in [-0.2, 0) is 9.53 Å². The van der Waals surface area contributed by atoms with Crippen molar-refractivity contribution in [1.29, 1.82) is 0 Å². The molecular weight excluding hydrogens is 356 g/mol. The SMILES string of the molecule is C=CC(=O)Oc1c2c(c(OC(=O)OC)c3cc(Cl)ccc13)C1C=CC2C1. The van der Waals surface area contributed by atoms with Gasteiger partial charge in [-0.3, -0.25) is 0 Å². The van der Waals surface area contributed by atoms with Crippen molar-refractivity contribution in [3.05, 3.63) is 59.2 Å². The average Bonchev–Trinajstić information content (AvgIpc) is 3.25. The number of carbonyl (C=O) groups is 2. The first kappa shape index (κ1) is 16.7. The van der Waals surface area contributed by atoms with E-state index in [1.165, 1.54) is 7.11 Å². The molecule has 2 aromatic rings. The minimum Gasteiger partial charge on any atom is -0.437 e. The van der Waals surface area contributed by atoms with Crippen LogP contribution in [0.15, 0.2) is 43.0 Å². The molecule has 4 rings (SSSR count). The van der Waals surface area contributed by atoms with E-state index in [1.807, 2.05) is 0 Å². The number of allylic oxidation sites excluding steroid dienone is 2. The summed E-state index contributed by atoms with van der Waals surface area (Å²) in [5.41, 5.74) is 1.70. The molecule has 0 saturated carbocycles. The summed E-state index contributed by atoms with van der Waals surface area (Å²) in [5, 5.41) is 1.71. The van der Waals surface area contributed by atoms with Crippen LogP contribution in [0.5, 0.6) is 11.5 Å². The van der Waals surface area contributed by atoms with Crippen LogP contribution in [0.4, 0.5) is 4.79 Å². The van der Waals surface area contributed by atoms with Gasteiger partial charge in [0.05, 0.1) is 7.11 Å². The van der Waals surface area contributed by atoms with Gasteiger partial charge in [-0.15, -0.1) is 0 Å². The molecule has 26 heavy (non-hydrogen) atoms. The van der Waals surface area contributed by atoms with Crippen molar-refractivity contribution in [2.24, 2.45) is 0 Å². The van der Waals surface area contributed by atoms with E-state index in [9.17, 15) is 9.59 Å². The van der Waals surface area contributed by atoms with Gasteiger partial charge in [0, 0.05) is 44.8 Å². The fourth-order valence-electron chi connectivity index (χ4n) is 3.79. The molecule has 132 valence electrons. The molecule has 0 saturated heterocycles. The Morgan fingerprint density at radius 2 is 1.77 bits per heavy atom. The van der Waals surface area contributed by atoms with Crippen molar-refractivity contribution in [2.75, 3.05) is 7.11 Å². The molecule has 2 aliphatic rings. The number of rotatable bonds is 3. The molecule has 0 aromatic heterocycles. The van der Waals surface area contributed by atoms with E-state index < -0.39 is 12.1 Å². The highest BCUT2D eigenvalue weighted by atomic mass is 35.5. The summed E-state index contributed by atoms with van der Waals surface area (Å²) in [6.07, 6.45) is 5.32. The van der Waals surface area contributed by atoms with Gasteiger partial charge in [-0.1, -0.05) is 30.3 Å². The van der Waals surface area contributed by atoms with E-state index >= 15 is 0 Å². The van der Waals surface area contributed by atoms with Crippen LogP contribution in [0.2, 0.25) is 5.02 Å². The number of benzene rings is 2. The Hall–Kier alpha value is -2.79. The zero-order chi connectivity index (χ0) is 18.4. The maximum absolute atomic E-state index is 11.9. The molecule has 2 atom stereocenters. The molecule has 0 radical (unpaired) electrons. The number of hydrogen-bond donors (Lipinski definition) is 0. The van der Waals surface area contributed by atoms with Gasteiger partial charge in [0.25, 0.3) is 0 Å². The van der Waals surface area contributed by atoms with Gasteiger partial charge < -0.3 is 14.2 Å². The van der Waals surface area contributed by atoms with Crippen LogP contribution in [0, 0.1) is 0 Å². The molecule has 0 heterocycles. The molecule has 0 spiro atoms. The summed E-state index contributed by atoms with van der Waals surface area (Å²) in [6, 6.07) is 5.15. The van der Waals surface area contributed by atoms with E-state index in [-0.39, 0.29) is 11.8 Å². The van der Waals surface area contributed by atoms with E-state index in [4.69, 9.17) is 21.1 Å². The Morgan fingerprint density at radius 1 is 1.12 bits per heavy atom. The topological polar surface area (TPSA) is 61.8 Å². The lowest BCUT2D eigenvalue weighted by molar-refractivity contribution is -0.128. The van der Waals surface area contributed by atoms with Gasteiger partial charge in [-0.05, 0) is 24.6 Å². The molecule has 0 fully saturated rings. The van der Waals surface area contributed by atoms with Crippen LogP contribution in [-0.4, -0.2) is 19.2 Å². The molecule has 2 bridgehead atoms. The van der Waals surface area contributed by atoms with Gasteiger partial charge in [0.2, 0.25) is 0 Å². The van der Waals surface area contributed by atoms with Crippen LogP contribution >= 0.6 is 11.6 Å². The smallest absolute Gasteiger partial charge is 0.437 e.